The molecule has 0 fully saturated rings. The molecule has 28 heavy (non-hydrogen) atoms. The Hall–Kier alpha value is -1.77. The number of aliphatic carboxylic acids is 1. The number of carboxylic acid groups (broad SMARTS) is 1. The fraction of sp³-hybridized carbons (Fsp3) is 0.750. The van der Waals surface area contributed by atoms with E-state index in [1.807, 2.05) is 0 Å². The van der Waals surface area contributed by atoms with Crippen molar-refractivity contribution in [2.24, 2.45) is 5.41 Å². The molecule has 1 N–H and O–H groups in total. The van der Waals surface area contributed by atoms with Gasteiger partial charge in [0.15, 0.2) is 0 Å². The van der Waals surface area contributed by atoms with Crippen LogP contribution in [0.15, 0.2) is 11.6 Å². The summed E-state index contributed by atoms with van der Waals surface area (Å²) in [6, 6.07) is 0. The molecule has 16 heteroatoms. The predicted molar refractivity (Wildman–Crippen MR) is 61.4 cm³/mol. The maximum absolute atomic E-state index is 14.3. The third-order valence-electron chi connectivity index (χ3n) is 3.84. The number of allylic oxidation sites excluding steroid dienone is 1. The lowest BCUT2D eigenvalue weighted by Gasteiger charge is -2.50. The van der Waals surface area contributed by atoms with Gasteiger partial charge in [0.05, 0.1) is 5.41 Å². The average molecular weight is 450 g/mol. The van der Waals surface area contributed by atoms with Gasteiger partial charge in [-0.15, -0.1) is 0 Å². The van der Waals surface area contributed by atoms with E-state index >= 15 is 0 Å². The molecule has 0 aliphatic heterocycles. The fourth-order valence-electron chi connectivity index (χ4n) is 2.43. The molecule has 0 saturated heterocycles. The van der Waals surface area contributed by atoms with Crippen molar-refractivity contribution in [3.8, 4) is 0 Å². The molecule has 0 saturated carbocycles. The van der Waals surface area contributed by atoms with Crippen LogP contribution in [0, 0.1) is 5.41 Å². The van der Waals surface area contributed by atoms with Crippen molar-refractivity contribution in [3.63, 3.8) is 0 Å². The van der Waals surface area contributed by atoms with Gasteiger partial charge >= 0.3 is 42.0 Å². The van der Waals surface area contributed by atoms with Crippen LogP contribution >= 0.6 is 0 Å². The Kier molecular flexibility index (Phi) is 6.22. The molecule has 0 amide bonds. The van der Waals surface area contributed by atoms with Crippen molar-refractivity contribution >= 4 is 5.97 Å². The molecule has 0 spiro atoms. The van der Waals surface area contributed by atoms with Crippen molar-refractivity contribution in [1.82, 2.24) is 0 Å². The zero-order valence-corrected chi connectivity index (χ0v) is 13.2. The maximum atomic E-state index is 14.3. The highest BCUT2D eigenvalue weighted by Gasteiger charge is 2.92. The lowest BCUT2D eigenvalue weighted by Crippen LogP contribution is -2.75. The van der Waals surface area contributed by atoms with E-state index in [0.717, 1.165) is 0 Å². The van der Waals surface area contributed by atoms with Gasteiger partial charge in [-0.25, -0.2) is 13.6 Å². The van der Waals surface area contributed by atoms with Crippen molar-refractivity contribution < 1.29 is 71.4 Å². The second-order valence-electron chi connectivity index (χ2n) is 5.64. The van der Waals surface area contributed by atoms with E-state index in [2.05, 4.69) is 0 Å². The number of hydrogen-bond donors (Lipinski definition) is 1. The Labute approximate surface area is 145 Å². The summed E-state index contributed by atoms with van der Waals surface area (Å²) >= 11 is 0. The zero-order valence-electron chi connectivity index (χ0n) is 13.2. The molecule has 0 aliphatic rings. The zero-order chi connectivity index (χ0) is 23.4. The van der Waals surface area contributed by atoms with Crippen LogP contribution in [0.1, 0.15) is 13.8 Å². The van der Waals surface area contributed by atoms with E-state index in [0.29, 0.717) is 0 Å². The van der Waals surface area contributed by atoms with Crippen LogP contribution in [0.5, 0.6) is 0 Å². The highest BCUT2D eigenvalue weighted by molar-refractivity contribution is 5.86. The third kappa shape index (κ3) is 3.49. The van der Waals surface area contributed by atoms with E-state index in [9.17, 15) is 66.3 Å². The van der Waals surface area contributed by atoms with Gasteiger partial charge in [-0.3, -0.25) is 0 Å². The monoisotopic (exact) mass is 450 g/mol. The highest BCUT2D eigenvalue weighted by atomic mass is 19.4. The Balaban J connectivity index is 7.83. The molecule has 0 aliphatic carbocycles. The standard InChI is InChI=1S/C12H8F14O2/c1-4(5(27)28)3-6(2,7(13,9(15,16)17)10(18,19)20)8(14,11(21,22)23)12(24,25)26/h3H,1-2H3,(H,27,28). The number of halogens is 14. The third-order valence-corrected chi connectivity index (χ3v) is 3.84. The smallest absolute Gasteiger partial charge is 0.432 e. The summed E-state index contributed by atoms with van der Waals surface area (Å²) in [4.78, 5) is 10.6. The summed E-state index contributed by atoms with van der Waals surface area (Å²) in [6.45, 7) is -1.36. The Bertz CT molecular complexity index is 567. The van der Waals surface area contributed by atoms with Gasteiger partial charge < -0.3 is 5.11 Å². The molecule has 0 radical (unpaired) electrons. The van der Waals surface area contributed by atoms with E-state index < -0.39 is 66.0 Å². The number of rotatable bonds is 4. The molecule has 166 valence electrons. The van der Waals surface area contributed by atoms with Crippen LogP contribution in [-0.4, -0.2) is 47.1 Å². The second-order valence-corrected chi connectivity index (χ2v) is 5.64. The molecular weight excluding hydrogens is 442 g/mol. The van der Waals surface area contributed by atoms with Crippen molar-refractivity contribution in [2.45, 2.75) is 49.9 Å². The van der Waals surface area contributed by atoms with Gasteiger partial charge in [-0.2, -0.15) is 52.7 Å². The molecule has 0 bridgehead atoms. The van der Waals surface area contributed by atoms with Crippen LogP contribution in [0.3, 0.4) is 0 Å². The average Bonchev–Trinajstić information content (AvgIpc) is 2.39. The summed E-state index contributed by atoms with van der Waals surface area (Å²) in [6.07, 6.45) is -31.9. The topological polar surface area (TPSA) is 37.3 Å². The summed E-state index contributed by atoms with van der Waals surface area (Å²) in [5.74, 6) is -2.63. The number of carboxylic acids is 1. The van der Waals surface area contributed by atoms with Crippen molar-refractivity contribution in [1.29, 1.82) is 0 Å². The van der Waals surface area contributed by atoms with Crippen LogP contribution in [0.25, 0.3) is 0 Å². The van der Waals surface area contributed by atoms with E-state index in [1.165, 1.54) is 0 Å². The van der Waals surface area contributed by atoms with E-state index in [1.54, 1.807) is 0 Å². The largest absolute Gasteiger partial charge is 0.478 e. The van der Waals surface area contributed by atoms with Crippen LogP contribution in [-0.2, 0) is 4.79 Å². The first kappa shape index (κ1) is 26.2. The van der Waals surface area contributed by atoms with Crippen LogP contribution < -0.4 is 0 Å². The first-order valence-corrected chi connectivity index (χ1v) is 6.40. The normalized spacial score (nSPS) is 16.4. The molecule has 0 aromatic heterocycles. The molecule has 0 rings (SSSR count). The van der Waals surface area contributed by atoms with E-state index in [-0.39, 0.29) is 6.92 Å². The molecule has 2 nitrogen and oxygen atoms in total. The van der Waals surface area contributed by atoms with E-state index in [4.69, 9.17) is 5.11 Å². The Morgan fingerprint density at radius 1 is 0.643 bits per heavy atom. The predicted octanol–water partition coefficient (Wildman–Crippen LogP) is 5.69. The van der Waals surface area contributed by atoms with Crippen LogP contribution in [0.2, 0.25) is 0 Å². The van der Waals surface area contributed by atoms with Gasteiger partial charge in [-0.05, 0) is 13.8 Å². The molecular formula is C12H8F14O2. The number of hydrogen-bond acceptors (Lipinski definition) is 1. The lowest BCUT2D eigenvalue weighted by atomic mass is 9.61. The second kappa shape index (κ2) is 6.64. The Morgan fingerprint density at radius 2 is 0.857 bits per heavy atom. The molecule has 0 unspecified atom stereocenters. The highest BCUT2D eigenvalue weighted by Crippen LogP contribution is 2.67. The molecule has 0 atom stereocenters. The van der Waals surface area contributed by atoms with Gasteiger partial charge in [0.2, 0.25) is 0 Å². The number of alkyl halides is 14. The number of carbonyl (C=O) groups is 1. The summed E-state index contributed by atoms with van der Waals surface area (Å²) in [7, 11) is 0. The summed E-state index contributed by atoms with van der Waals surface area (Å²) < 4.78 is 183. The maximum Gasteiger partial charge on any atom is 0.432 e. The Morgan fingerprint density at radius 3 is 1.00 bits per heavy atom. The molecule has 0 aromatic carbocycles. The van der Waals surface area contributed by atoms with Gasteiger partial charge in [0, 0.05) is 5.57 Å². The van der Waals surface area contributed by atoms with Crippen molar-refractivity contribution in [2.75, 3.05) is 0 Å². The summed E-state index contributed by atoms with van der Waals surface area (Å²) in [5, 5.41) is 8.45. The van der Waals surface area contributed by atoms with Crippen molar-refractivity contribution in [3.05, 3.63) is 11.6 Å². The quantitative estimate of drug-likeness (QED) is 0.442. The minimum atomic E-state index is -7.58. The lowest BCUT2D eigenvalue weighted by molar-refractivity contribution is -0.433. The minimum Gasteiger partial charge on any atom is -0.478 e. The first-order chi connectivity index (χ1) is 11.8. The SMILES string of the molecule is CC(=CC(C)(C(F)(C(F)(F)F)C(F)(F)F)C(F)(C(F)(F)F)C(F)(F)F)C(=O)O. The molecule has 0 aromatic rings. The first-order valence-electron chi connectivity index (χ1n) is 6.40. The molecule has 0 heterocycles. The van der Waals surface area contributed by atoms with Gasteiger partial charge in [0.1, 0.15) is 0 Å². The summed E-state index contributed by atoms with van der Waals surface area (Å²) in [5.41, 5.74) is -23.3. The van der Waals surface area contributed by atoms with Gasteiger partial charge in [0.25, 0.3) is 0 Å². The fourth-order valence-corrected chi connectivity index (χ4v) is 2.43. The van der Waals surface area contributed by atoms with Gasteiger partial charge in [-0.1, -0.05) is 6.08 Å². The van der Waals surface area contributed by atoms with Crippen LogP contribution in [0.4, 0.5) is 61.5 Å². The minimum absolute atomic E-state index is 0.0546.